The van der Waals surface area contributed by atoms with Crippen LogP contribution in [0.5, 0.6) is 5.75 Å². The number of rotatable bonds is 5. The Bertz CT molecular complexity index is 1300. The van der Waals surface area contributed by atoms with E-state index in [4.69, 9.17) is 14.8 Å². The van der Waals surface area contributed by atoms with Crippen LogP contribution in [0.1, 0.15) is 21.5 Å². The van der Waals surface area contributed by atoms with E-state index >= 15 is 0 Å². The standard InChI is InChI=1S/C25H17N3O4/c26-14-15-31-20-13-7-4-10-17(20)22-21(23(29)16-8-2-1-3-9-16)25(32-28-22)18-11-5-6-12-19(18)27-24(25)30/h1-13,21H,15H2,(H,27,30)/t21-,25+/m0/s1. The number of hydrogen-bond acceptors (Lipinski definition) is 6. The molecule has 3 aromatic rings. The van der Waals surface area contributed by atoms with Gasteiger partial charge >= 0.3 is 0 Å². The molecule has 156 valence electrons. The lowest BCUT2D eigenvalue weighted by Crippen LogP contribution is -2.46. The van der Waals surface area contributed by atoms with Gasteiger partial charge in [-0.25, -0.2) is 0 Å². The Morgan fingerprint density at radius 1 is 1.06 bits per heavy atom. The Labute approximate surface area is 183 Å². The number of oxime groups is 1. The minimum atomic E-state index is -1.64. The molecule has 2 aliphatic heterocycles. The number of nitrogens with one attached hydrogen (secondary N) is 1. The average Bonchev–Trinajstić information content (AvgIpc) is 3.37. The van der Waals surface area contributed by atoms with Crippen LogP contribution in [0, 0.1) is 17.2 Å². The Morgan fingerprint density at radius 3 is 2.59 bits per heavy atom. The van der Waals surface area contributed by atoms with Gasteiger partial charge < -0.3 is 14.9 Å². The van der Waals surface area contributed by atoms with E-state index in [-0.39, 0.29) is 18.1 Å². The molecule has 7 nitrogen and oxygen atoms in total. The molecule has 0 radical (unpaired) electrons. The number of hydrogen-bond donors (Lipinski definition) is 1. The van der Waals surface area contributed by atoms with Gasteiger partial charge in [-0.1, -0.05) is 65.8 Å². The van der Waals surface area contributed by atoms with Gasteiger partial charge in [0.05, 0.1) is 0 Å². The zero-order valence-corrected chi connectivity index (χ0v) is 16.8. The van der Waals surface area contributed by atoms with Crippen LogP contribution in [-0.2, 0) is 15.2 Å². The molecule has 2 aliphatic rings. The summed E-state index contributed by atoms with van der Waals surface area (Å²) < 4.78 is 5.57. The fraction of sp³-hybridized carbons (Fsp3) is 0.120. The topological polar surface area (TPSA) is 101 Å². The molecule has 7 heteroatoms. The molecule has 5 rings (SSSR count). The maximum absolute atomic E-state index is 13.8. The van der Waals surface area contributed by atoms with Crippen molar-refractivity contribution in [3.8, 4) is 11.8 Å². The molecule has 0 saturated carbocycles. The van der Waals surface area contributed by atoms with E-state index in [2.05, 4.69) is 10.5 Å². The second kappa shape index (κ2) is 7.67. The van der Waals surface area contributed by atoms with E-state index in [1.807, 2.05) is 12.1 Å². The summed E-state index contributed by atoms with van der Waals surface area (Å²) in [7, 11) is 0. The number of nitrogens with zero attached hydrogens (tertiary/aromatic N) is 2. The number of ether oxygens (including phenoxy) is 1. The van der Waals surface area contributed by atoms with Crippen LogP contribution in [0.3, 0.4) is 0 Å². The molecule has 1 N–H and O–H groups in total. The lowest BCUT2D eigenvalue weighted by molar-refractivity contribution is -0.140. The number of carbonyl (C=O) groups excluding carboxylic acids is 2. The fourth-order valence-electron chi connectivity index (χ4n) is 4.25. The Balaban J connectivity index is 1.69. The lowest BCUT2D eigenvalue weighted by atomic mass is 9.74. The summed E-state index contributed by atoms with van der Waals surface area (Å²) in [5, 5.41) is 16.0. The third kappa shape index (κ3) is 2.85. The minimum absolute atomic E-state index is 0.170. The van der Waals surface area contributed by atoms with Crippen LogP contribution in [0.25, 0.3) is 0 Å². The highest BCUT2D eigenvalue weighted by Gasteiger charge is 2.63. The third-order valence-corrected chi connectivity index (χ3v) is 5.66. The van der Waals surface area contributed by atoms with Gasteiger partial charge in [-0.15, -0.1) is 0 Å². The van der Waals surface area contributed by atoms with E-state index < -0.39 is 17.4 Å². The number of Topliss-reactive ketones (excluding diaryl/α,β-unsaturated/α-hetero) is 1. The van der Waals surface area contributed by atoms with Crippen LogP contribution < -0.4 is 10.1 Å². The number of para-hydroxylation sites is 2. The summed E-state index contributed by atoms with van der Waals surface area (Å²) in [5.41, 5.74) is 0.691. The van der Waals surface area contributed by atoms with Crippen molar-refractivity contribution < 1.29 is 19.2 Å². The van der Waals surface area contributed by atoms with Gasteiger partial charge in [-0.2, -0.15) is 5.26 Å². The number of carbonyl (C=O) groups is 2. The second-order valence-corrected chi connectivity index (χ2v) is 7.41. The maximum Gasteiger partial charge on any atom is 0.277 e. The molecule has 2 atom stereocenters. The normalized spacial score (nSPS) is 20.7. The molecule has 1 amide bonds. The average molecular weight is 423 g/mol. The zero-order chi connectivity index (χ0) is 22.1. The highest BCUT2D eigenvalue weighted by molar-refractivity contribution is 6.25. The molecule has 0 fully saturated rings. The van der Waals surface area contributed by atoms with Crippen LogP contribution in [0.15, 0.2) is 84.0 Å². The van der Waals surface area contributed by atoms with Crippen LogP contribution in [0.4, 0.5) is 5.69 Å². The van der Waals surface area contributed by atoms with Crippen molar-refractivity contribution in [2.75, 3.05) is 11.9 Å². The molecular formula is C25H17N3O4. The van der Waals surface area contributed by atoms with Crippen molar-refractivity contribution in [2.24, 2.45) is 11.1 Å². The van der Waals surface area contributed by atoms with E-state index in [1.54, 1.807) is 72.8 Å². The molecule has 0 aliphatic carbocycles. The molecular weight excluding hydrogens is 406 g/mol. The quantitative estimate of drug-likeness (QED) is 0.631. The van der Waals surface area contributed by atoms with Crippen LogP contribution >= 0.6 is 0 Å². The monoisotopic (exact) mass is 423 g/mol. The van der Waals surface area contributed by atoms with Crippen LogP contribution in [0.2, 0.25) is 0 Å². The number of anilines is 1. The first-order valence-corrected chi connectivity index (χ1v) is 10.0. The van der Waals surface area contributed by atoms with Gasteiger partial charge in [0.2, 0.25) is 0 Å². The molecule has 0 bridgehead atoms. The van der Waals surface area contributed by atoms with Gasteiger partial charge in [-0.05, 0) is 18.2 Å². The van der Waals surface area contributed by atoms with Gasteiger partial charge in [0.15, 0.2) is 12.4 Å². The number of nitriles is 1. The van der Waals surface area contributed by atoms with E-state index in [0.29, 0.717) is 28.1 Å². The Morgan fingerprint density at radius 2 is 1.78 bits per heavy atom. The second-order valence-electron chi connectivity index (χ2n) is 7.41. The number of ketones is 1. The number of benzene rings is 3. The van der Waals surface area contributed by atoms with Crippen molar-refractivity contribution in [1.29, 1.82) is 5.26 Å². The molecule has 0 aromatic heterocycles. The first-order valence-electron chi connectivity index (χ1n) is 10.0. The molecule has 1 spiro atoms. The largest absolute Gasteiger partial charge is 0.478 e. The van der Waals surface area contributed by atoms with Crippen molar-refractivity contribution in [2.45, 2.75) is 5.60 Å². The first kappa shape index (κ1) is 19.5. The lowest BCUT2D eigenvalue weighted by Gasteiger charge is -2.27. The van der Waals surface area contributed by atoms with Gasteiger partial charge in [-0.3, -0.25) is 9.59 Å². The molecule has 0 saturated heterocycles. The van der Waals surface area contributed by atoms with E-state index in [1.165, 1.54) is 0 Å². The summed E-state index contributed by atoms with van der Waals surface area (Å²) in [6.07, 6.45) is 0. The minimum Gasteiger partial charge on any atom is -0.478 e. The van der Waals surface area contributed by atoms with Crippen molar-refractivity contribution in [3.63, 3.8) is 0 Å². The predicted octanol–water partition coefficient (Wildman–Crippen LogP) is 3.67. The number of amides is 1. The smallest absolute Gasteiger partial charge is 0.277 e. The Hall–Kier alpha value is -4.44. The summed E-state index contributed by atoms with van der Waals surface area (Å²) >= 11 is 0. The fourth-order valence-corrected chi connectivity index (χ4v) is 4.25. The van der Waals surface area contributed by atoms with Crippen molar-refractivity contribution >= 4 is 23.1 Å². The molecule has 0 unspecified atom stereocenters. The Kier molecular flexibility index (Phi) is 4.68. The highest BCUT2D eigenvalue weighted by atomic mass is 16.7. The van der Waals surface area contributed by atoms with E-state index in [9.17, 15) is 9.59 Å². The predicted molar refractivity (Wildman–Crippen MR) is 116 cm³/mol. The van der Waals surface area contributed by atoms with Gasteiger partial charge in [0.25, 0.3) is 11.5 Å². The molecule has 3 aromatic carbocycles. The number of fused-ring (bicyclic) bond motifs is 2. The summed E-state index contributed by atoms with van der Waals surface area (Å²) in [5.74, 6) is -1.43. The summed E-state index contributed by atoms with van der Waals surface area (Å²) in [6, 6.07) is 24.7. The van der Waals surface area contributed by atoms with Crippen molar-refractivity contribution in [1.82, 2.24) is 0 Å². The van der Waals surface area contributed by atoms with Gasteiger partial charge in [0, 0.05) is 22.4 Å². The first-order chi connectivity index (χ1) is 15.7. The summed E-state index contributed by atoms with van der Waals surface area (Å²) in [4.78, 5) is 33.0. The highest BCUT2D eigenvalue weighted by Crippen LogP contribution is 2.50. The maximum atomic E-state index is 13.8. The van der Waals surface area contributed by atoms with Gasteiger partial charge in [0.1, 0.15) is 23.4 Å². The third-order valence-electron chi connectivity index (χ3n) is 5.66. The summed E-state index contributed by atoms with van der Waals surface area (Å²) in [6.45, 7) is -0.170. The molecule has 32 heavy (non-hydrogen) atoms. The van der Waals surface area contributed by atoms with Crippen LogP contribution in [-0.4, -0.2) is 24.0 Å². The van der Waals surface area contributed by atoms with E-state index in [0.717, 1.165) is 0 Å². The van der Waals surface area contributed by atoms with Crippen molar-refractivity contribution in [3.05, 3.63) is 95.6 Å². The zero-order valence-electron chi connectivity index (χ0n) is 16.8. The SMILES string of the molecule is N#CCOc1ccccc1C1=NO[C@@]2(C(=O)Nc3ccccc32)[C@@H]1C(=O)c1ccccc1. The molecule has 2 heterocycles.